The van der Waals surface area contributed by atoms with Crippen LogP contribution < -0.4 is 0 Å². The molecule has 0 aliphatic carbocycles. The Balaban J connectivity index is 4.39. The smallest absolute Gasteiger partial charge is 0.306 e. The van der Waals surface area contributed by atoms with E-state index in [1.807, 2.05) is 0 Å². The highest BCUT2D eigenvalue weighted by Crippen LogP contribution is 2.13. The zero-order chi connectivity index (χ0) is 33.1. The summed E-state index contributed by atoms with van der Waals surface area (Å²) in [6.45, 7) is 6.52. The second-order valence-corrected chi connectivity index (χ2v) is 12.8. The second kappa shape index (κ2) is 35.0. The highest BCUT2D eigenvalue weighted by Gasteiger charge is 2.19. The van der Waals surface area contributed by atoms with E-state index in [-0.39, 0.29) is 31.1 Å². The fraction of sp³-hybridized carbons (Fsp3) is 0.872. The van der Waals surface area contributed by atoms with Crippen LogP contribution in [-0.2, 0) is 28.6 Å². The molecule has 0 bridgehead atoms. The SMILES string of the molecule is CCCCCC/C=C\CCCC(=O)OCC(COC(=O)CCCCCCCCCCC)OC(=O)CCCCCCCCCCC. The van der Waals surface area contributed by atoms with E-state index in [1.165, 1.54) is 103 Å². The average molecular weight is 637 g/mol. The van der Waals surface area contributed by atoms with E-state index in [1.54, 1.807) is 0 Å². The molecule has 0 aromatic carbocycles. The van der Waals surface area contributed by atoms with E-state index in [0.717, 1.165) is 57.8 Å². The Morgan fingerprint density at radius 2 is 0.756 bits per heavy atom. The average Bonchev–Trinajstić information content (AvgIpc) is 3.03. The van der Waals surface area contributed by atoms with E-state index >= 15 is 0 Å². The molecule has 264 valence electrons. The van der Waals surface area contributed by atoms with Gasteiger partial charge in [0.2, 0.25) is 0 Å². The van der Waals surface area contributed by atoms with Crippen molar-refractivity contribution in [3.05, 3.63) is 12.2 Å². The molecule has 0 aliphatic rings. The number of carbonyl (C=O) groups is 3. The van der Waals surface area contributed by atoms with Gasteiger partial charge in [-0.3, -0.25) is 14.4 Å². The van der Waals surface area contributed by atoms with Gasteiger partial charge in [-0.2, -0.15) is 0 Å². The molecule has 0 fully saturated rings. The van der Waals surface area contributed by atoms with E-state index in [2.05, 4.69) is 32.9 Å². The zero-order valence-corrected chi connectivity index (χ0v) is 29.9. The first-order chi connectivity index (χ1) is 22.0. The van der Waals surface area contributed by atoms with Crippen LogP contribution in [0.25, 0.3) is 0 Å². The lowest BCUT2D eigenvalue weighted by atomic mass is 10.1. The third-order valence-corrected chi connectivity index (χ3v) is 8.27. The van der Waals surface area contributed by atoms with Crippen molar-refractivity contribution < 1.29 is 28.6 Å². The number of rotatable bonds is 34. The van der Waals surface area contributed by atoms with Gasteiger partial charge in [0, 0.05) is 19.3 Å². The minimum absolute atomic E-state index is 0.0756. The molecule has 0 saturated carbocycles. The van der Waals surface area contributed by atoms with E-state index < -0.39 is 6.10 Å². The van der Waals surface area contributed by atoms with Crippen molar-refractivity contribution in [3.63, 3.8) is 0 Å². The lowest BCUT2D eigenvalue weighted by molar-refractivity contribution is -0.167. The molecule has 0 saturated heterocycles. The third-order valence-electron chi connectivity index (χ3n) is 8.27. The molecule has 1 unspecified atom stereocenters. The van der Waals surface area contributed by atoms with Crippen molar-refractivity contribution in [2.24, 2.45) is 0 Å². The van der Waals surface area contributed by atoms with Crippen molar-refractivity contribution in [2.75, 3.05) is 13.2 Å². The molecule has 0 amide bonds. The van der Waals surface area contributed by atoms with Crippen LogP contribution in [0.3, 0.4) is 0 Å². The normalized spacial score (nSPS) is 12.0. The third kappa shape index (κ3) is 33.3. The molecule has 0 aromatic heterocycles. The number of esters is 3. The molecular formula is C39H72O6. The fourth-order valence-corrected chi connectivity index (χ4v) is 5.33. The van der Waals surface area contributed by atoms with Crippen LogP contribution >= 0.6 is 0 Å². The maximum atomic E-state index is 12.5. The lowest BCUT2D eigenvalue weighted by Crippen LogP contribution is -2.30. The van der Waals surface area contributed by atoms with Gasteiger partial charge in [0.05, 0.1) is 0 Å². The molecule has 6 heteroatoms. The Morgan fingerprint density at radius 1 is 0.422 bits per heavy atom. The largest absolute Gasteiger partial charge is 0.462 e. The summed E-state index contributed by atoms with van der Waals surface area (Å²) in [6, 6.07) is 0. The Labute approximate surface area is 278 Å². The number of hydrogen-bond acceptors (Lipinski definition) is 6. The van der Waals surface area contributed by atoms with Crippen LogP contribution in [0.5, 0.6) is 0 Å². The summed E-state index contributed by atoms with van der Waals surface area (Å²) in [5.74, 6) is -0.920. The number of unbranched alkanes of at least 4 members (excludes halogenated alkanes) is 21. The summed E-state index contributed by atoms with van der Waals surface area (Å²) in [4.78, 5) is 37.2. The molecule has 0 N–H and O–H groups in total. The van der Waals surface area contributed by atoms with Crippen LogP contribution in [-0.4, -0.2) is 37.2 Å². The quantitative estimate of drug-likeness (QED) is 0.0303. The van der Waals surface area contributed by atoms with Crippen molar-refractivity contribution in [1.29, 1.82) is 0 Å². The molecule has 0 aromatic rings. The first-order valence-corrected chi connectivity index (χ1v) is 19.2. The standard InChI is InChI=1S/C39H72O6/c1-4-7-10-13-16-19-22-25-28-31-37(40)43-34-36(45-39(42)33-30-27-24-21-18-15-12-9-6-3)35-44-38(41)32-29-26-23-20-17-14-11-8-5-2/h19,22,36H,4-18,20-21,23-35H2,1-3H3/b22-19-. The highest BCUT2D eigenvalue weighted by molar-refractivity contribution is 5.71. The summed E-state index contributed by atoms with van der Waals surface area (Å²) in [7, 11) is 0. The number of ether oxygens (including phenoxy) is 3. The molecule has 45 heavy (non-hydrogen) atoms. The Bertz CT molecular complexity index is 704. The van der Waals surface area contributed by atoms with Gasteiger partial charge >= 0.3 is 17.9 Å². The van der Waals surface area contributed by atoms with Crippen molar-refractivity contribution in [3.8, 4) is 0 Å². The molecule has 0 radical (unpaired) electrons. The van der Waals surface area contributed by atoms with Gasteiger partial charge < -0.3 is 14.2 Å². The monoisotopic (exact) mass is 637 g/mol. The van der Waals surface area contributed by atoms with Crippen LogP contribution in [0, 0.1) is 0 Å². The maximum Gasteiger partial charge on any atom is 0.306 e. The van der Waals surface area contributed by atoms with Crippen molar-refractivity contribution >= 4 is 17.9 Å². The highest BCUT2D eigenvalue weighted by atomic mass is 16.6. The maximum absolute atomic E-state index is 12.5. The van der Waals surface area contributed by atoms with Crippen LogP contribution in [0.2, 0.25) is 0 Å². The van der Waals surface area contributed by atoms with Gasteiger partial charge in [0.15, 0.2) is 6.10 Å². The van der Waals surface area contributed by atoms with E-state index in [9.17, 15) is 14.4 Å². The summed E-state index contributed by atoms with van der Waals surface area (Å²) >= 11 is 0. The number of carbonyl (C=O) groups excluding carboxylic acids is 3. The predicted octanol–water partition coefficient (Wildman–Crippen LogP) is 11.5. The van der Waals surface area contributed by atoms with Crippen LogP contribution in [0.4, 0.5) is 0 Å². The van der Waals surface area contributed by atoms with Gasteiger partial charge in [-0.15, -0.1) is 0 Å². The van der Waals surface area contributed by atoms with Crippen LogP contribution in [0.1, 0.15) is 201 Å². The van der Waals surface area contributed by atoms with Crippen molar-refractivity contribution in [2.45, 2.75) is 207 Å². The molecule has 0 heterocycles. The first kappa shape index (κ1) is 43.1. The zero-order valence-electron chi connectivity index (χ0n) is 29.9. The summed E-state index contributed by atoms with van der Waals surface area (Å²) in [5, 5.41) is 0. The molecule has 0 rings (SSSR count). The predicted molar refractivity (Wildman–Crippen MR) is 187 cm³/mol. The fourth-order valence-electron chi connectivity index (χ4n) is 5.33. The second-order valence-electron chi connectivity index (χ2n) is 12.8. The molecular weight excluding hydrogens is 564 g/mol. The minimum Gasteiger partial charge on any atom is -0.462 e. The van der Waals surface area contributed by atoms with Gasteiger partial charge in [-0.25, -0.2) is 0 Å². The minimum atomic E-state index is -0.768. The number of allylic oxidation sites excluding steroid dienone is 2. The topological polar surface area (TPSA) is 78.9 Å². The van der Waals surface area contributed by atoms with Crippen LogP contribution in [0.15, 0.2) is 12.2 Å². The lowest BCUT2D eigenvalue weighted by Gasteiger charge is -2.18. The van der Waals surface area contributed by atoms with Gasteiger partial charge in [0.1, 0.15) is 13.2 Å². The Morgan fingerprint density at radius 3 is 1.20 bits per heavy atom. The first-order valence-electron chi connectivity index (χ1n) is 19.2. The molecule has 1 atom stereocenters. The van der Waals surface area contributed by atoms with E-state index in [4.69, 9.17) is 14.2 Å². The Kier molecular flexibility index (Phi) is 33.6. The summed E-state index contributed by atoms with van der Waals surface area (Å²) in [5.41, 5.74) is 0. The van der Waals surface area contributed by atoms with Gasteiger partial charge in [0.25, 0.3) is 0 Å². The van der Waals surface area contributed by atoms with E-state index in [0.29, 0.717) is 19.3 Å². The van der Waals surface area contributed by atoms with Gasteiger partial charge in [-0.1, -0.05) is 155 Å². The molecule has 0 aliphatic heterocycles. The molecule has 6 nitrogen and oxygen atoms in total. The summed E-state index contributed by atoms with van der Waals surface area (Å²) in [6.07, 6.45) is 33.5. The van der Waals surface area contributed by atoms with Gasteiger partial charge in [-0.05, 0) is 38.5 Å². The Hall–Kier alpha value is -1.85. The molecule has 0 spiro atoms. The number of hydrogen-bond donors (Lipinski definition) is 0. The van der Waals surface area contributed by atoms with Crippen molar-refractivity contribution in [1.82, 2.24) is 0 Å². The summed E-state index contributed by atoms with van der Waals surface area (Å²) < 4.78 is 16.5.